The Bertz CT molecular complexity index is 416. The van der Waals surface area contributed by atoms with Crippen LogP contribution >= 0.6 is 0 Å². The van der Waals surface area contributed by atoms with Crippen molar-refractivity contribution in [3.63, 3.8) is 0 Å². The molecule has 0 bridgehead atoms. The maximum atomic E-state index is 5.98. The molecule has 1 heterocycles. The molecule has 0 atom stereocenters. The minimum atomic E-state index is 0.706. The van der Waals surface area contributed by atoms with E-state index in [1.165, 1.54) is 31.5 Å². The third-order valence-corrected chi connectivity index (χ3v) is 4.35. The van der Waals surface area contributed by atoms with Crippen LogP contribution in [-0.4, -0.2) is 63.2 Å². The average Bonchev–Trinajstić information content (AvgIpc) is 2.50. The predicted molar refractivity (Wildman–Crippen MR) is 87.8 cm³/mol. The standard InChI is InChI=1S/C17H29N3O/c1-18-14-15-6-4-5-7-17(15)21-13-12-20(3)16-8-10-19(2)11-9-16/h4-7,16,18H,8-14H2,1-3H3. The Kier molecular flexibility index (Phi) is 6.49. The van der Waals surface area contributed by atoms with E-state index in [4.69, 9.17) is 4.74 Å². The first-order valence-corrected chi connectivity index (χ1v) is 7.95. The number of piperidine rings is 1. The molecule has 1 N–H and O–H groups in total. The van der Waals surface area contributed by atoms with E-state index in [-0.39, 0.29) is 0 Å². The van der Waals surface area contributed by atoms with Gasteiger partial charge in [0.1, 0.15) is 12.4 Å². The summed E-state index contributed by atoms with van der Waals surface area (Å²) >= 11 is 0. The monoisotopic (exact) mass is 291 g/mol. The lowest BCUT2D eigenvalue weighted by Crippen LogP contribution is -2.43. The number of nitrogens with one attached hydrogen (secondary N) is 1. The van der Waals surface area contributed by atoms with Crippen molar-refractivity contribution in [2.24, 2.45) is 0 Å². The molecule has 0 spiro atoms. The van der Waals surface area contributed by atoms with Crippen molar-refractivity contribution in [1.82, 2.24) is 15.1 Å². The van der Waals surface area contributed by atoms with Crippen molar-refractivity contribution in [1.29, 1.82) is 0 Å². The van der Waals surface area contributed by atoms with E-state index in [0.29, 0.717) is 6.04 Å². The van der Waals surface area contributed by atoms with Crippen LogP contribution in [0, 0.1) is 0 Å². The second-order valence-electron chi connectivity index (χ2n) is 6.00. The van der Waals surface area contributed by atoms with E-state index in [2.05, 4.69) is 47.4 Å². The van der Waals surface area contributed by atoms with Crippen LogP contribution in [0.4, 0.5) is 0 Å². The highest BCUT2D eigenvalue weighted by Crippen LogP contribution is 2.18. The van der Waals surface area contributed by atoms with E-state index in [0.717, 1.165) is 25.4 Å². The van der Waals surface area contributed by atoms with Crippen molar-refractivity contribution >= 4 is 0 Å². The van der Waals surface area contributed by atoms with Crippen molar-refractivity contribution in [2.45, 2.75) is 25.4 Å². The van der Waals surface area contributed by atoms with Crippen LogP contribution in [0.25, 0.3) is 0 Å². The largest absolute Gasteiger partial charge is 0.492 e. The SMILES string of the molecule is CNCc1ccccc1OCCN(C)C1CCN(C)CC1. The van der Waals surface area contributed by atoms with Gasteiger partial charge in [-0.15, -0.1) is 0 Å². The van der Waals surface area contributed by atoms with Crippen LogP contribution in [0.1, 0.15) is 18.4 Å². The number of likely N-dealkylation sites (N-methyl/N-ethyl adjacent to an activating group) is 1. The van der Waals surface area contributed by atoms with Crippen LogP contribution in [0.3, 0.4) is 0 Å². The molecule has 0 unspecified atom stereocenters. The molecule has 0 aromatic heterocycles. The van der Waals surface area contributed by atoms with Gasteiger partial charge in [0.05, 0.1) is 0 Å². The Balaban J connectivity index is 1.76. The fourth-order valence-electron chi connectivity index (χ4n) is 2.90. The Morgan fingerprint density at radius 3 is 2.71 bits per heavy atom. The second-order valence-corrected chi connectivity index (χ2v) is 6.00. The Labute approximate surface area is 129 Å². The third kappa shape index (κ3) is 4.99. The summed E-state index contributed by atoms with van der Waals surface area (Å²) in [6, 6.07) is 8.98. The highest BCUT2D eigenvalue weighted by atomic mass is 16.5. The minimum absolute atomic E-state index is 0.706. The summed E-state index contributed by atoms with van der Waals surface area (Å²) in [6.07, 6.45) is 2.53. The first-order chi connectivity index (χ1) is 10.2. The normalized spacial score (nSPS) is 17.3. The molecule has 0 amide bonds. The van der Waals surface area contributed by atoms with Crippen molar-refractivity contribution in [3.8, 4) is 5.75 Å². The number of nitrogens with zero attached hydrogens (tertiary/aromatic N) is 2. The molecule has 4 nitrogen and oxygen atoms in total. The van der Waals surface area contributed by atoms with Gasteiger partial charge in [-0.05, 0) is 53.1 Å². The molecule has 0 radical (unpaired) electrons. The summed E-state index contributed by atoms with van der Waals surface area (Å²) in [5, 5.41) is 3.18. The van der Waals surface area contributed by atoms with E-state index >= 15 is 0 Å². The molecule has 2 rings (SSSR count). The topological polar surface area (TPSA) is 27.7 Å². The molecule has 1 aliphatic rings. The van der Waals surface area contributed by atoms with Gasteiger partial charge in [0.25, 0.3) is 0 Å². The number of hydrogen-bond donors (Lipinski definition) is 1. The summed E-state index contributed by atoms with van der Waals surface area (Å²) in [7, 11) is 6.39. The second kappa shape index (κ2) is 8.37. The van der Waals surface area contributed by atoms with Gasteiger partial charge in [0.15, 0.2) is 0 Å². The Morgan fingerprint density at radius 1 is 1.29 bits per heavy atom. The molecule has 118 valence electrons. The number of ether oxygens (including phenoxy) is 1. The van der Waals surface area contributed by atoms with Crippen molar-refractivity contribution in [2.75, 3.05) is 47.4 Å². The van der Waals surface area contributed by atoms with Crippen LogP contribution in [0.15, 0.2) is 24.3 Å². The fourth-order valence-corrected chi connectivity index (χ4v) is 2.90. The summed E-state index contributed by atoms with van der Waals surface area (Å²) in [5.41, 5.74) is 1.22. The van der Waals surface area contributed by atoms with Crippen LogP contribution in [0.2, 0.25) is 0 Å². The third-order valence-electron chi connectivity index (χ3n) is 4.35. The van der Waals surface area contributed by atoms with Crippen LogP contribution in [-0.2, 0) is 6.54 Å². The lowest BCUT2D eigenvalue weighted by molar-refractivity contribution is 0.127. The average molecular weight is 291 g/mol. The highest BCUT2D eigenvalue weighted by molar-refractivity contribution is 5.33. The van der Waals surface area contributed by atoms with Gasteiger partial charge in [-0.25, -0.2) is 0 Å². The molecular weight excluding hydrogens is 262 g/mol. The lowest BCUT2D eigenvalue weighted by atomic mass is 10.0. The molecule has 0 saturated carbocycles. The van der Waals surface area contributed by atoms with Gasteiger partial charge < -0.3 is 15.0 Å². The minimum Gasteiger partial charge on any atom is -0.492 e. The van der Waals surface area contributed by atoms with E-state index in [1.54, 1.807) is 0 Å². The molecular formula is C17H29N3O. The predicted octanol–water partition coefficient (Wildman–Crippen LogP) is 1.81. The zero-order chi connectivity index (χ0) is 15.1. The smallest absolute Gasteiger partial charge is 0.123 e. The van der Waals surface area contributed by atoms with Crippen LogP contribution < -0.4 is 10.1 Å². The van der Waals surface area contributed by atoms with E-state index < -0.39 is 0 Å². The number of para-hydroxylation sites is 1. The zero-order valence-corrected chi connectivity index (χ0v) is 13.6. The lowest BCUT2D eigenvalue weighted by Gasteiger charge is -2.35. The van der Waals surface area contributed by atoms with E-state index in [9.17, 15) is 0 Å². The molecule has 1 aromatic rings. The van der Waals surface area contributed by atoms with Gasteiger partial charge in [0, 0.05) is 24.7 Å². The summed E-state index contributed by atoms with van der Waals surface area (Å²) in [5.74, 6) is 1.00. The van der Waals surface area contributed by atoms with E-state index in [1.807, 2.05) is 13.1 Å². The number of likely N-dealkylation sites (tertiary alicyclic amines) is 1. The maximum Gasteiger partial charge on any atom is 0.123 e. The molecule has 0 aliphatic carbocycles. The van der Waals surface area contributed by atoms with Gasteiger partial charge in [-0.2, -0.15) is 0 Å². The molecule has 1 aromatic carbocycles. The van der Waals surface area contributed by atoms with Gasteiger partial charge in [-0.3, -0.25) is 4.90 Å². The summed E-state index contributed by atoms with van der Waals surface area (Å²) in [6.45, 7) is 5.01. The first-order valence-electron chi connectivity index (χ1n) is 7.95. The van der Waals surface area contributed by atoms with Gasteiger partial charge in [0.2, 0.25) is 0 Å². The van der Waals surface area contributed by atoms with Crippen molar-refractivity contribution < 1.29 is 4.74 Å². The quantitative estimate of drug-likeness (QED) is 0.829. The summed E-state index contributed by atoms with van der Waals surface area (Å²) < 4.78 is 5.98. The van der Waals surface area contributed by atoms with Crippen molar-refractivity contribution in [3.05, 3.63) is 29.8 Å². The zero-order valence-electron chi connectivity index (χ0n) is 13.6. The number of rotatable bonds is 7. The first kappa shape index (κ1) is 16.3. The maximum absolute atomic E-state index is 5.98. The molecule has 1 aliphatic heterocycles. The fraction of sp³-hybridized carbons (Fsp3) is 0.647. The molecule has 1 fully saturated rings. The number of hydrogen-bond acceptors (Lipinski definition) is 4. The Hall–Kier alpha value is -1.10. The molecule has 21 heavy (non-hydrogen) atoms. The molecule has 4 heteroatoms. The van der Waals surface area contributed by atoms with Crippen LogP contribution in [0.5, 0.6) is 5.75 Å². The number of benzene rings is 1. The van der Waals surface area contributed by atoms with Gasteiger partial charge >= 0.3 is 0 Å². The summed E-state index contributed by atoms with van der Waals surface area (Å²) in [4.78, 5) is 4.86. The highest BCUT2D eigenvalue weighted by Gasteiger charge is 2.20. The Morgan fingerprint density at radius 2 is 2.00 bits per heavy atom. The van der Waals surface area contributed by atoms with Gasteiger partial charge in [-0.1, -0.05) is 18.2 Å². The molecule has 1 saturated heterocycles.